The van der Waals surface area contributed by atoms with Crippen molar-refractivity contribution in [1.82, 2.24) is 10.2 Å². The third kappa shape index (κ3) is 6.20. The summed E-state index contributed by atoms with van der Waals surface area (Å²) < 4.78 is 0.981. The molecule has 0 saturated heterocycles. The van der Waals surface area contributed by atoms with E-state index in [0.29, 0.717) is 6.54 Å². The highest BCUT2D eigenvalue weighted by molar-refractivity contribution is 9.10. The fraction of sp³-hybridized carbons (Fsp3) is 0.391. The van der Waals surface area contributed by atoms with Crippen molar-refractivity contribution in [3.8, 4) is 0 Å². The topological polar surface area (TPSA) is 49.4 Å². The lowest BCUT2D eigenvalue weighted by atomic mass is 10.0. The van der Waals surface area contributed by atoms with Gasteiger partial charge in [-0.05, 0) is 69.0 Å². The van der Waals surface area contributed by atoms with Gasteiger partial charge in [-0.3, -0.25) is 9.59 Å². The van der Waals surface area contributed by atoms with Crippen LogP contribution >= 0.6 is 15.9 Å². The van der Waals surface area contributed by atoms with Crippen molar-refractivity contribution in [1.29, 1.82) is 0 Å². The Hall–Kier alpha value is -2.14. The number of aryl methyl sites for hydroxylation is 2. The van der Waals surface area contributed by atoms with Gasteiger partial charge in [0.15, 0.2) is 0 Å². The molecule has 2 aromatic carbocycles. The van der Waals surface area contributed by atoms with Gasteiger partial charge in [0.2, 0.25) is 11.8 Å². The van der Waals surface area contributed by atoms with E-state index in [1.807, 2.05) is 63.2 Å². The monoisotopic (exact) mass is 444 g/mol. The first-order valence-electron chi connectivity index (χ1n) is 9.57. The first-order valence-corrected chi connectivity index (χ1v) is 10.4. The van der Waals surface area contributed by atoms with Gasteiger partial charge in [-0.1, -0.05) is 46.3 Å². The van der Waals surface area contributed by atoms with E-state index in [1.54, 1.807) is 11.8 Å². The maximum absolute atomic E-state index is 13.1. The largest absolute Gasteiger partial charge is 0.352 e. The molecule has 4 nitrogen and oxygen atoms in total. The molecule has 0 heterocycles. The van der Waals surface area contributed by atoms with Gasteiger partial charge >= 0.3 is 0 Å². The second-order valence-corrected chi connectivity index (χ2v) is 8.50. The van der Waals surface area contributed by atoms with Crippen LogP contribution in [-0.2, 0) is 22.6 Å². The first-order chi connectivity index (χ1) is 13.2. The number of halogens is 1. The first kappa shape index (κ1) is 22.2. The second-order valence-electron chi connectivity index (χ2n) is 7.58. The number of hydrogen-bond acceptors (Lipinski definition) is 2. The molecule has 5 heteroatoms. The van der Waals surface area contributed by atoms with Crippen molar-refractivity contribution in [3.63, 3.8) is 0 Å². The molecule has 0 aliphatic rings. The van der Waals surface area contributed by atoms with Gasteiger partial charge in [0, 0.05) is 17.1 Å². The van der Waals surface area contributed by atoms with Crippen LogP contribution in [0, 0.1) is 13.8 Å². The van der Waals surface area contributed by atoms with Crippen molar-refractivity contribution >= 4 is 27.7 Å². The predicted octanol–water partition coefficient (Wildman–Crippen LogP) is 4.55. The van der Waals surface area contributed by atoms with E-state index in [1.165, 1.54) is 5.56 Å². The average Bonchev–Trinajstić information content (AvgIpc) is 2.63. The van der Waals surface area contributed by atoms with Crippen LogP contribution < -0.4 is 5.32 Å². The molecule has 28 heavy (non-hydrogen) atoms. The van der Waals surface area contributed by atoms with Crippen molar-refractivity contribution in [2.45, 2.75) is 59.7 Å². The molecule has 2 rings (SSSR count). The highest BCUT2D eigenvalue weighted by Crippen LogP contribution is 2.17. The number of nitrogens with zero attached hydrogens (tertiary/aromatic N) is 1. The molecule has 0 radical (unpaired) electrons. The highest BCUT2D eigenvalue weighted by Gasteiger charge is 2.26. The molecule has 0 spiro atoms. The molecule has 0 unspecified atom stereocenters. The molecule has 0 aliphatic heterocycles. The SMILES string of the molecule is Cc1ccc(CC(=O)N(Cc2ccc(Br)cc2)[C@H](C)C(=O)NC(C)C)cc1C. The van der Waals surface area contributed by atoms with Gasteiger partial charge in [0.1, 0.15) is 6.04 Å². The van der Waals surface area contributed by atoms with E-state index in [0.717, 1.165) is 21.2 Å². The van der Waals surface area contributed by atoms with Crippen LogP contribution in [0.15, 0.2) is 46.9 Å². The summed E-state index contributed by atoms with van der Waals surface area (Å²) in [6.45, 7) is 10.1. The maximum Gasteiger partial charge on any atom is 0.242 e. The van der Waals surface area contributed by atoms with Crippen LogP contribution in [0.25, 0.3) is 0 Å². The van der Waals surface area contributed by atoms with Gasteiger partial charge in [-0.2, -0.15) is 0 Å². The maximum atomic E-state index is 13.1. The quantitative estimate of drug-likeness (QED) is 0.680. The number of carbonyl (C=O) groups excluding carboxylic acids is 2. The Morgan fingerprint density at radius 1 is 0.964 bits per heavy atom. The Morgan fingerprint density at radius 3 is 2.14 bits per heavy atom. The summed E-state index contributed by atoms with van der Waals surface area (Å²) in [5.74, 6) is -0.196. The van der Waals surface area contributed by atoms with Crippen molar-refractivity contribution in [2.75, 3.05) is 0 Å². The van der Waals surface area contributed by atoms with Crippen molar-refractivity contribution in [3.05, 3.63) is 69.2 Å². The van der Waals surface area contributed by atoms with E-state index < -0.39 is 6.04 Å². The zero-order valence-corrected chi connectivity index (χ0v) is 18.8. The van der Waals surface area contributed by atoms with Gasteiger partial charge in [-0.15, -0.1) is 0 Å². The van der Waals surface area contributed by atoms with E-state index in [2.05, 4.69) is 28.2 Å². The normalized spacial score (nSPS) is 12.0. The number of benzene rings is 2. The van der Waals surface area contributed by atoms with Gasteiger partial charge in [-0.25, -0.2) is 0 Å². The van der Waals surface area contributed by atoms with Gasteiger partial charge in [0.05, 0.1) is 6.42 Å². The number of rotatable bonds is 7. The summed E-state index contributed by atoms with van der Waals surface area (Å²) >= 11 is 3.43. The smallest absolute Gasteiger partial charge is 0.242 e. The van der Waals surface area contributed by atoms with Crippen LogP contribution in [0.5, 0.6) is 0 Å². The Balaban J connectivity index is 2.24. The molecule has 0 aliphatic carbocycles. The Kier molecular flexibility index (Phi) is 7.81. The third-order valence-electron chi connectivity index (χ3n) is 4.79. The van der Waals surface area contributed by atoms with Crippen LogP contribution in [0.2, 0.25) is 0 Å². The molecule has 0 fully saturated rings. The van der Waals surface area contributed by atoms with Gasteiger partial charge in [0.25, 0.3) is 0 Å². The van der Waals surface area contributed by atoms with Crippen molar-refractivity contribution < 1.29 is 9.59 Å². The Morgan fingerprint density at radius 2 is 1.57 bits per heavy atom. The molecular weight excluding hydrogens is 416 g/mol. The van der Waals surface area contributed by atoms with Crippen LogP contribution in [0.3, 0.4) is 0 Å². The summed E-state index contributed by atoms with van der Waals surface area (Å²) in [5, 5.41) is 2.91. The van der Waals surface area contributed by atoms with Crippen LogP contribution in [-0.4, -0.2) is 28.8 Å². The Bertz CT molecular complexity index is 831. The minimum Gasteiger partial charge on any atom is -0.352 e. The second kappa shape index (κ2) is 9.87. The fourth-order valence-corrected chi connectivity index (χ4v) is 3.23. The lowest BCUT2D eigenvalue weighted by Crippen LogP contribution is -2.49. The standard InChI is InChI=1S/C23H29BrN2O2/c1-15(2)25-23(28)18(5)26(14-19-8-10-21(24)11-9-19)22(27)13-20-7-6-16(3)17(4)12-20/h6-12,15,18H,13-14H2,1-5H3,(H,25,28)/t18-/m1/s1. The molecule has 1 N–H and O–H groups in total. The van der Waals surface area contributed by atoms with Gasteiger partial charge < -0.3 is 10.2 Å². The van der Waals surface area contributed by atoms with Crippen LogP contribution in [0.1, 0.15) is 43.0 Å². The minimum atomic E-state index is -0.551. The zero-order valence-electron chi connectivity index (χ0n) is 17.3. The number of hydrogen-bond donors (Lipinski definition) is 1. The van der Waals surface area contributed by atoms with Crippen molar-refractivity contribution in [2.24, 2.45) is 0 Å². The minimum absolute atomic E-state index is 0.0272. The number of amides is 2. The summed E-state index contributed by atoms with van der Waals surface area (Å²) in [5.41, 5.74) is 4.31. The highest BCUT2D eigenvalue weighted by atomic mass is 79.9. The van der Waals surface area contributed by atoms with E-state index in [9.17, 15) is 9.59 Å². The fourth-order valence-electron chi connectivity index (χ4n) is 2.96. The molecule has 1 atom stereocenters. The summed E-state index contributed by atoms with van der Waals surface area (Å²) in [7, 11) is 0. The third-order valence-corrected chi connectivity index (χ3v) is 5.32. The molecule has 150 valence electrons. The number of carbonyl (C=O) groups is 2. The number of nitrogens with one attached hydrogen (secondary N) is 1. The zero-order chi connectivity index (χ0) is 20.8. The molecule has 0 bridgehead atoms. The lowest BCUT2D eigenvalue weighted by Gasteiger charge is -2.29. The van der Waals surface area contributed by atoms with E-state index in [4.69, 9.17) is 0 Å². The summed E-state index contributed by atoms with van der Waals surface area (Å²) in [6, 6.07) is 13.4. The van der Waals surface area contributed by atoms with E-state index >= 15 is 0 Å². The molecular formula is C23H29BrN2O2. The van der Waals surface area contributed by atoms with E-state index in [-0.39, 0.29) is 24.3 Å². The molecule has 0 saturated carbocycles. The van der Waals surface area contributed by atoms with Crippen LogP contribution in [0.4, 0.5) is 0 Å². The lowest BCUT2D eigenvalue weighted by molar-refractivity contribution is -0.140. The molecule has 0 aromatic heterocycles. The Labute approximate surface area is 176 Å². The average molecular weight is 445 g/mol. The summed E-state index contributed by atoms with van der Waals surface area (Å²) in [6.07, 6.45) is 0.275. The summed E-state index contributed by atoms with van der Waals surface area (Å²) in [4.78, 5) is 27.4. The predicted molar refractivity (Wildman–Crippen MR) is 117 cm³/mol. The molecule has 2 aromatic rings. The molecule has 2 amide bonds.